The fraction of sp³-hybridized carbons (Fsp3) is 0.417. The fourth-order valence-electron chi connectivity index (χ4n) is 4.50. The molecule has 0 atom stereocenters. The number of aryl methyl sites for hydroxylation is 1. The molecule has 0 spiro atoms. The number of carbonyl (C=O) groups excluding carboxylic acids is 1. The normalized spacial score (nSPS) is 14.0. The van der Waals surface area contributed by atoms with Crippen LogP contribution in [0.5, 0.6) is 0 Å². The zero-order valence-electron chi connectivity index (χ0n) is 19.0. The molecule has 8 heteroatoms. The zero-order valence-corrected chi connectivity index (χ0v) is 19.8. The Morgan fingerprint density at radius 3 is 2.62 bits per heavy atom. The van der Waals surface area contributed by atoms with E-state index in [4.69, 9.17) is 0 Å². The molecule has 0 bridgehead atoms. The Morgan fingerprint density at radius 1 is 1.22 bits per heavy atom. The van der Waals surface area contributed by atoms with E-state index in [2.05, 4.69) is 26.2 Å². The third-order valence-corrected chi connectivity index (χ3v) is 7.39. The van der Waals surface area contributed by atoms with E-state index < -0.39 is 0 Å². The van der Waals surface area contributed by atoms with Crippen LogP contribution in [0.2, 0.25) is 0 Å². The first-order valence-electron chi connectivity index (χ1n) is 10.9. The summed E-state index contributed by atoms with van der Waals surface area (Å²) in [5, 5.41) is 22.1. The molecule has 2 aromatic heterocycles. The van der Waals surface area contributed by atoms with Crippen molar-refractivity contribution in [3.63, 3.8) is 0 Å². The maximum absolute atomic E-state index is 12.9. The predicted molar refractivity (Wildman–Crippen MR) is 127 cm³/mol. The average molecular weight is 449 g/mol. The third-order valence-electron chi connectivity index (χ3n) is 6.37. The van der Waals surface area contributed by atoms with E-state index in [9.17, 15) is 10.1 Å². The monoisotopic (exact) mass is 448 g/mol. The van der Waals surface area contributed by atoms with E-state index in [1.807, 2.05) is 56.7 Å². The number of thioether (sulfide) groups is 1. The van der Waals surface area contributed by atoms with Crippen molar-refractivity contribution in [3.05, 3.63) is 46.6 Å². The zero-order chi connectivity index (χ0) is 22.8. The summed E-state index contributed by atoms with van der Waals surface area (Å²) in [6, 6.07) is 10.7. The molecule has 1 fully saturated rings. The summed E-state index contributed by atoms with van der Waals surface area (Å²) in [7, 11) is 1.91. The van der Waals surface area contributed by atoms with Gasteiger partial charge in [-0.25, -0.2) is 0 Å². The lowest BCUT2D eigenvalue weighted by Crippen LogP contribution is -2.20. The standard InChI is InChI=1S/C24H28N6OS/c1-15-9-5-8-12-19(15)23-27-28-24(29(23)4)32-14-21(31)26-22-20(13-25)16(2)17(3)30(22)18-10-6-7-11-18/h5,8-9,12,18H,6-7,10-11,14H2,1-4H3,(H,26,31). The Morgan fingerprint density at radius 2 is 1.94 bits per heavy atom. The van der Waals surface area contributed by atoms with E-state index in [1.54, 1.807) is 0 Å². The molecular weight excluding hydrogens is 420 g/mol. The predicted octanol–water partition coefficient (Wildman–Crippen LogP) is 4.93. The molecule has 32 heavy (non-hydrogen) atoms. The van der Waals surface area contributed by atoms with Gasteiger partial charge in [0.1, 0.15) is 11.9 Å². The van der Waals surface area contributed by atoms with Crippen molar-refractivity contribution in [2.75, 3.05) is 11.1 Å². The van der Waals surface area contributed by atoms with Crippen LogP contribution in [-0.2, 0) is 11.8 Å². The van der Waals surface area contributed by atoms with Gasteiger partial charge in [-0.2, -0.15) is 5.26 Å². The van der Waals surface area contributed by atoms with Gasteiger partial charge in [0.2, 0.25) is 5.91 Å². The van der Waals surface area contributed by atoms with Gasteiger partial charge in [-0.3, -0.25) is 4.79 Å². The number of carbonyl (C=O) groups is 1. The number of benzene rings is 1. The molecule has 7 nitrogen and oxygen atoms in total. The van der Waals surface area contributed by atoms with Crippen LogP contribution in [0, 0.1) is 32.1 Å². The Hall–Kier alpha value is -3.05. The van der Waals surface area contributed by atoms with Gasteiger partial charge in [-0.15, -0.1) is 10.2 Å². The van der Waals surface area contributed by atoms with Crippen molar-refractivity contribution in [1.82, 2.24) is 19.3 Å². The van der Waals surface area contributed by atoms with Crippen LogP contribution in [0.25, 0.3) is 11.4 Å². The summed E-state index contributed by atoms with van der Waals surface area (Å²) in [5.41, 5.74) is 4.72. The minimum Gasteiger partial charge on any atom is -0.327 e. The van der Waals surface area contributed by atoms with Crippen molar-refractivity contribution in [3.8, 4) is 17.5 Å². The summed E-state index contributed by atoms with van der Waals surface area (Å²) in [5.74, 6) is 1.46. The molecule has 0 radical (unpaired) electrons. The van der Waals surface area contributed by atoms with Crippen molar-refractivity contribution in [2.45, 2.75) is 57.7 Å². The molecule has 4 rings (SSSR count). The van der Waals surface area contributed by atoms with Gasteiger partial charge < -0.3 is 14.5 Å². The molecule has 1 aliphatic carbocycles. The second kappa shape index (κ2) is 9.21. The van der Waals surface area contributed by atoms with E-state index in [0.29, 0.717) is 22.6 Å². The van der Waals surface area contributed by atoms with E-state index in [-0.39, 0.29) is 11.7 Å². The molecular formula is C24H28N6OS. The number of anilines is 1. The first-order valence-corrected chi connectivity index (χ1v) is 11.9. The highest BCUT2D eigenvalue weighted by atomic mass is 32.2. The average Bonchev–Trinajstić information content (AvgIpc) is 3.48. The van der Waals surface area contributed by atoms with Crippen LogP contribution in [0.1, 0.15) is 54.1 Å². The van der Waals surface area contributed by atoms with Crippen molar-refractivity contribution >= 4 is 23.5 Å². The smallest absolute Gasteiger partial charge is 0.235 e. The number of nitriles is 1. The largest absolute Gasteiger partial charge is 0.327 e. The Bertz CT molecular complexity index is 1200. The third kappa shape index (κ3) is 4.05. The van der Waals surface area contributed by atoms with Gasteiger partial charge in [0.15, 0.2) is 11.0 Å². The molecule has 0 unspecified atom stereocenters. The number of hydrogen-bond acceptors (Lipinski definition) is 5. The second-order valence-electron chi connectivity index (χ2n) is 8.37. The molecule has 3 aromatic rings. The Balaban J connectivity index is 1.51. The van der Waals surface area contributed by atoms with Gasteiger partial charge in [-0.05, 0) is 44.7 Å². The van der Waals surface area contributed by atoms with Crippen molar-refractivity contribution in [1.29, 1.82) is 5.26 Å². The highest BCUT2D eigenvalue weighted by Crippen LogP contribution is 2.37. The molecule has 0 aliphatic heterocycles. The van der Waals surface area contributed by atoms with Crippen LogP contribution in [-0.4, -0.2) is 31.0 Å². The molecule has 0 saturated heterocycles. The van der Waals surface area contributed by atoms with Gasteiger partial charge >= 0.3 is 0 Å². The molecule has 2 heterocycles. The second-order valence-corrected chi connectivity index (χ2v) is 9.31. The molecule has 1 aliphatic rings. The number of amides is 1. The van der Waals surface area contributed by atoms with Crippen molar-refractivity contribution in [2.24, 2.45) is 7.05 Å². The highest BCUT2D eigenvalue weighted by Gasteiger charge is 2.26. The maximum atomic E-state index is 12.9. The number of nitrogens with zero attached hydrogens (tertiary/aromatic N) is 5. The van der Waals surface area contributed by atoms with E-state index >= 15 is 0 Å². The van der Waals surface area contributed by atoms with Crippen molar-refractivity contribution < 1.29 is 4.79 Å². The lowest BCUT2D eigenvalue weighted by molar-refractivity contribution is -0.113. The summed E-state index contributed by atoms with van der Waals surface area (Å²) in [4.78, 5) is 12.9. The van der Waals surface area contributed by atoms with Crippen LogP contribution in [0.15, 0.2) is 29.4 Å². The van der Waals surface area contributed by atoms with Gasteiger partial charge in [-0.1, -0.05) is 48.9 Å². The fourth-order valence-corrected chi connectivity index (χ4v) is 5.21. The number of aromatic nitrogens is 4. The molecule has 1 amide bonds. The van der Waals surface area contributed by atoms with E-state index in [0.717, 1.165) is 41.1 Å². The quantitative estimate of drug-likeness (QED) is 0.540. The van der Waals surface area contributed by atoms with Gasteiger partial charge in [0.25, 0.3) is 0 Å². The van der Waals surface area contributed by atoms with E-state index in [1.165, 1.54) is 24.6 Å². The summed E-state index contributed by atoms with van der Waals surface area (Å²) in [6.45, 7) is 6.03. The van der Waals surface area contributed by atoms with Crippen LogP contribution >= 0.6 is 11.8 Å². The first kappa shape index (κ1) is 22.2. The molecule has 1 saturated carbocycles. The van der Waals surface area contributed by atoms with Crippen LogP contribution in [0.3, 0.4) is 0 Å². The summed E-state index contributed by atoms with van der Waals surface area (Å²) in [6.07, 6.45) is 4.53. The number of rotatable bonds is 6. The lowest BCUT2D eigenvalue weighted by atomic mass is 10.1. The highest BCUT2D eigenvalue weighted by molar-refractivity contribution is 7.99. The molecule has 1 aromatic carbocycles. The Labute approximate surface area is 192 Å². The minimum absolute atomic E-state index is 0.149. The number of hydrogen-bond donors (Lipinski definition) is 1. The van der Waals surface area contributed by atoms with Crippen LogP contribution < -0.4 is 5.32 Å². The van der Waals surface area contributed by atoms with Crippen LogP contribution in [0.4, 0.5) is 5.82 Å². The SMILES string of the molecule is Cc1ccccc1-c1nnc(SCC(=O)Nc2c(C#N)c(C)c(C)n2C2CCCC2)n1C. The van der Waals surface area contributed by atoms with Gasteiger partial charge in [0, 0.05) is 24.3 Å². The molecule has 1 N–H and O–H groups in total. The number of nitrogens with one attached hydrogen (secondary N) is 1. The summed E-state index contributed by atoms with van der Waals surface area (Å²) < 4.78 is 4.08. The maximum Gasteiger partial charge on any atom is 0.235 e. The summed E-state index contributed by atoms with van der Waals surface area (Å²) >= 11 is 1.34. The minimum atomic E-state index is -0.149. The van der Waals surface area contributed by atoms with Gasteiger partial charge in [0.05, 0.1) is 11.3 Å². The first-order chi connectivity index (χ1) is 15.4. The Kier molecular flexibility index (Phi) is 6.38. The topological polar surface area (TPSA) is 88.5 Å². The molecule has 166 valence electrons. The lowest BCUT2D eigenvalue weighted by Gasteiger charge is -2.19.